The zero-order valence-electron chi connectivity index (χ0n) is 18.2. The van der Waals surface area contributed by atoms with Gasteiger partial charge in [-0.25, -0.2) is 0 Å². The third-order valence-electron chi connectivity index (χ3n) is 5.28. The second kappa shape index (κ2) is 10.1. The predicted octanol–water partition coefficient (Wildman–Crippen LogP) is 4.70. The van der Waals surface area contributed by atoms with Crippen molar-refractivity contribution in [1.82, 2.24) is 10.3 Å². The number of benzene rings is 3. The minimum absolute atomic E-state index is 0.188. The second-order valence-corrected chi connectivity index (χ2v) is 8.03. The predicted molar refractivity (Wildman–Crippen MR) is 128 cm³/mol. The van der Waals surface area contributed by atoms with Gasteiger partial charge in [-0.15, -0.1) is 0 Å². The summed E-state index contributed by atoms with van der Waals surface area (Å²) >= 11 is 6.17. The van der Waals surface area contributed by atoms with Crippen LogP contribution in [0.5, 0.6) is 17.2 Å². The number of nitrogens with one attached hydrogen (secondary N) is 2. The van der Waals surface area contributed by atoms with E-state index >= 15 is 0 Å². The summed E-state index contributed by atoms with van der Waals surface area (Å²) in [4.78, 5) is 3.40. The van der Waals surface area contributed by atoms with E-state index in [1.807, 2.05) is 49.4 Å². The van der Waals surface area contributed by atoms with Crippen LogP contribution in [-0.4, -0.2) is 49.6 Å². The van der Waals surface area contributed by atoms with E-state index in [-0.39, 0.29) is 6.61 Å². The molecule has 168 valence electrons. The number of aryl methyl sites for hydroxylation is 1. The monoisotopic (exact) mass is 454 g/mol. The number of aliphatic hydroxyl groups excluding tert-OH is 1. The Hall–Kier alpha value is -2.93. The van der Waals surface area contributed by atoms with E-state index in [0.29, 0.717) is 36.2 Å². The van der Waals surface area contributed by atoms with Crippen molar-refractivity contribution in [3.8, 4) is 17.2 Å². The lowest BCUT2D eigenvalue weighted by Crippen LogP contribution is -2.33. The lowest BCUT2D eigenvalue weighted by Gasteiger charge is -2.15. The van der Waals surface area contributed by atoms with E-state index in [9.17, 15) is 5.11 Å². The Morgan fingerprint density at radius 3 is 2.66 bits per heavy atom. The van der Waals surface area contributed by atoms with Crippen molar-refractivity contribution in [2.75, 3.05) is 33.4 Å². The molecule has 0 bridgehead atoms. The Morgan fingerprint density at radius 2 is 1.81 bits per heavy atom. The molecule has 0 aliphatic rings. The largest absolute Gasteiger partial charge is 0.493 e. The average molecular weight is 455 g/mol. The average Bonchev–Trinajstić information content (AvgIpc) is 3.18. The highest BCUT2D eigenvalue weighted by Crippen LogP contribution is 2.33. The number of halogens is 1. The van der Waals surface area contributed by atoms with Gasteiger partial charge in [-0.3, -0.25) is 0 Å². The number of fused-ring (bicyclic) bond motifs is 3. The minimum atomic E-state index is -0.654. The number of aliphatic hydroxyl groups is 1. The van der Waals surface area contributed by atoms with Crippen LogP contribution in [0.15, 0.2) is 54.6 Å². The molecule has 1 atom stereocenters. The number of methoxy groups -OCH3 is 1. The normalized spacial score (nSPS) is 12.2. The third-order valence-corrected chi connectivity index (χ3v) is 5.69. The van der Waals surface area contributed by atoms with E-state index in [1.165, 1.54) is 0 Å². The van der Waals surface area contributed by atoms with Crippen molar-refractivity contribution in [1.29, 1.82) is 0 Å². The molecule has 1 unspecified atom stereocenters. The number of hydrogen-bond acceptors (Lipinski definition) is 5. The standard InChI is InChI=1S/C25H27ClN2O4/c1-16-12-23(30-2)24(13-19(16)26)31-11-10-27-14-17(29)15-32-22-9-5-8-21-25(22)18-6-3-4-7-20(18)28-21/h3-9,12-13,17,27-29H,10-11,14-15H2,1-2H3. The SMILES string of the molecule is COc1cc(C)c(Cl)cc1OCCNCC(O)COc1cccc2[nH]c3ccccc3c12. The quantitative estimate of drug-likeness (QED) is 0.303. The van der Waals surface area contributed by atoms with Gasteiger partial charge in [-0.05, 0) is 36.8 Å². The molecule has 0 spiro atoms. The summed E-state index contributed by atoms with van der Waals surface area (Å²) in [5, 5.41) is 16.3. The summed E-state index contributed by atoms with van der Waals surface area (Å²) in [6.45, 7) is 3.47. The first-order valence-electron chi connectivity index (χ1n) is 10.5. The third kappa shape index (κ3) is 4.93. The molecule has 4 rings (SSSR count). The van der Waals surface area contributed by atoms with Crippen molar-refractivity contribution in [2.45, 2.75) is 13.0 Å². The van der Waals surface area contributed by atoms with Gasteiger partial charge in [0.15, 0.2) is 11.5 Å². The van der Waals surface area contributed by atoms with Crippen LogP contribution in [0.1, 0.15) is 5.56 Å². The topological polar surface area (TPSA) is 75.7 Å². The van der Waals surface area contributed by atoms with E-state index < -0.39 is 6.10 Å². The van der Waals surface area contributed by atoms with Gasteiger partial charge >= 0.3 is 0 Å². The number of H-pyrrole nitrogens is 1. The zero-order chi connectivity index (χ0) is 22.5. The molecule has 0 radical (unpaired) electrons. The molecule has 0 aliphatic carbocycles. The van der Waals surface area contributed by atoms with Crippen molar-refractivity contribution < 1.29 is 19.3 Å². The summed E-state index contributed by atoms with van der Waals surface area (Å²) in [5.74, 6) is 2.00. The number of rotatable bonds is 10. The molecule has 3 aromatic carbocycles. The van der Waals surface area contributed by atoms with Crippen LogP contribution >= 0.6 is 11.6 Å². The van der Waals surface area contributed by atoms with Crippen LogP contribution in [0.25, 0.3) is 21.8 Å². The first-order chi connectivity index (χ1) is 15.6. The zero-order valence-corrected chi connectivity index (χ0v) is 18.9. The summed E-state index contributed by atoms with van der Waals surface area (Å²) in [6, 6.07) is 17.6. The molecule has 4 aromatic rings. The van der Waals surface area contributed by atoms with Gasteiger partial charge in [0.1, 0.15) is 25.1 Å². The molecule has 1 aromatic heterocycles. The van der Waals surface area contributed by atoms with Crippen molar-refractivity contribution in [2.24, 2.45) is 0 Å². The molecule has 3 N–H and O–H groups in total. The minimum Gasteiger partial charge on any atom is -0.493 e. The number of hydrogen-bond donors (Lipinski definition) is 3. The maximum Gasteiger partial charge on any atom is 0.162 e. The molecule has 0 fully saturated rings. The molecule has 7 heteroatoms. The highest BCUT2D eigenvalue weighted by atomic mass is 35.5. The van der Waals surface area contributed by atoms with Crippen LogP contribution in [0.2, 0.25) is 5.02 Å². The van der Waals surface area contributed by atoms with Crippen molar-refractivity contribution in [3.05, 3.63) is 65.2 Å². The molecule has 6 nitrogen and oxygen atoms in total. The van der Waals surface area contributed by atoms with Gasteiger partial charge in [0.25, 0.3) is 0 Å². The first-order valence-corrected chi connectivity index (χ1v) is 10.9. The van der Waals surface area contributed by atoms with Gasteiger partial charge in [0.05, 0.1) is 12.6 Å². The molecule has 0 saturated heterocycles. The smallest absolute Gasteiger partial charge is 0.162 e. The summed E-state index contributed by atoms with van der Waals surface area (Å²) in [5.41, 5.74) is 3.01. The van der Waals surface area contributed by atoms with Crippen LogP contribution in [-0.2, 0) is 0 Å². The Bertz CT molecular complexity index is 1210. The van der Waals surface area contributed by atoms with Gasteiger partial charge in [0.2, 0.25) is 0 Å². The number of aromatic nitrogens is 1. The number of ether oxygens (including phenoxy) is 3. The molecular formula is C25H27ClN2O4. The van der Waals surface area contributed by atoms with Crippen LogP contribution in [0.3, 0.4) is 0 Å². The number of aromatic amines is 1. The molecular weight excluding hydrogens is 428 g/mol. The highest BCUT2D eigenvalue weighted by molar-refractivity contribution is 6.31. The van der Waals surface area contributed by atoms with Crippen LogP contribution in [0.4, 0.5) is 0 Å². The molecule has 0 aliphatic heterocycles. The maximum atomic E-state index is 10.3. The van der Waals surface area contributed by atoms with E-state index in [0.717, 1.165) is 33.1 Å². The summed E-state index contributed by atoms with van der Waals surface area (Å²) in [7, 11) is 1.60. The lowest BCUT2D eigenvalue weighted by molar-refractivity contribution is 0.106. The summed E-state index contributed by atoms with van der Waals surface area (Å²) < 4.78 is 17.1. The van der Waals surface area contributed by atoms with E-state index in [4.69, 9.17) is 25.8 Å². The van der Waals surface area contributed by atoms with Crippen LogP contribution < -0.4 is 19.5 Å². The molecule has 0 saturated carbocycles. The van der Waals surface area contributed by atoms with Crippen molar-refractivity contribution >= 4 is 33.4 Å². The Kier molecular flexibility index (Phi) is 7.05. The summed E-state index contributed by atoms with van der Waals surface area (Å²) in [6.07, 6.45) is -0.654. The first kappa shape index (κ1) is 22.3. The molecule has 0 amide bonds. The van der Waals surface area contributed by atoms with Gasteiger partial charge in [-0.2, -0.15) is 0 Å². The van der Waals surface area contributed by atoms with E-state index in [1.54, 1.807) is 13.2 Å². The molecule has 32 heavy (non-hydrogen) atoms. The maximum absolute atomic E-state index is 10.3. The molecule has 1 heterocycles. The fraction of sp³-hybridized carbons (Fsp3) is 0.280. The van der Waals surface area contributed by atoms with Crippen molar-refractivity contribution in [3.63, 3.8) is 0 Å². The fourth-order valence-electron chi connectivity index (χ4n) is 3.64. The Labute approximate surface area is 192 Å². The fourth-order valence-corrected chi connectivity index (χ4v) is 3.80. The second-order valence-electron chi connectivity index (χ2n) is 7.62. The van der Waals surface area contributed by atoms with Crippen LogP contribution in [0, 0.1) is 6.92 Å². The highest BCUT2D eigenvalue weighted by Gasteiger charge is 2.12. The van der Waals surface area contributed by atoms with Gasteiger partial charge < -0.3 is 29.6 Å². The Morgan fingerprint density at radius 1 is 1.00 bits per heavy atom. The number of para-hydroxylation sites is 1. The van der Waals surface area contributed by atoms with Gasteiger partial charge in [-0.1, -0.05) is 35.9 Å². The van der Waals surface area contributed by atoms with E-state index in [2.05, 4.69) is 16.4 Å². The lowest BCUT2D eigenvalue weighted by atomic mass is 10.1. The van der Waals surface area contributed by atoms with Gasteiger partial charge in [0, 0.05) is 40.5 Å². The Balaban J connectivity index is 1.26.